The van der Waals surface area contributed by atoms with Gasteiger partial charge >= 0.3 is 5.97 Å². The van der Waals surface area contributed by atoms with Crippen LogP contribution >= 0.6 is 0 Å². The lowest BCUT2D eigenvalue weighted by Crippen LogP contribution is -2.58. The largest absolute Gasteiger partial charge is 0.480 e. The summed E-state index contributed by atoms with van der Waals surface area (Å²) in [6.07, 6.45) is 1.11. The third-order valence-corrected chi connectivity index (χ3v) is 5.64. The van der Waals surface area contributed by atoms with E-state index in [9.17, 15) is 24.6 Å². The van der Waals surface area contributed by atoms with Crippen LogP contribution in [0.2, 0.25) is 0 Å². The highest BCUT2D eigenvalue weighted by Gasteiger charge is 2.50. The van der Waals surface area contributed by atoms with Gasteiger partial charge in [0.1, 0.15) is 12.2 Å². The molecule has 2 fully saturated rings. The summed E-state index contributed by atoms with van der Waals surface area (Å²) in [7, 11) is 2.78. The molecule has 2 aliphatic heterocycles. The van der Waals surface area contributed by atoms with Crippen LogP contribution in [0.4, 0.5) is 0 Å². The van der Waals surface area contributed by atoms with Gasteiger partial charge in [0, 0.05) is 20.8 Å². The molecule has 0 aromatic heterocycles. The zero-order chi connectivity index (χ0) is 20.0. The maximum atomic E-state index is 12.8. The number of rotatable bonds is 10. The first-order valence-corrected chi connectivity index (χ1v) is 9.41. The summed E-state index contributed by atoms with van der Waals surface area (Å²) >= 11 is 0. The summed E-state index contributed by atoms with van der Waals surface area (Å²) in [6, 6.07) is -0.201. The van der Waals surface area contributed by atoms with Gasteiger partial charge in [0.15, 0.2) is 11.3 Å². The maximum absolute atomic E-state index is 12.8. The van der Waals surface area contributed by atoms with Gasteiger partial charge in [-0.15, -0.1) is 0 Å². The number of carbonyl (C=O) groups is 3. The lowest BCUT2D eigenvalue weighted by Gasteiger charge is -2.29. The van der Waals surface area contributed by atoms with Crippen LogP contribution in [0.5, 0.6) is 0 Å². The Kier molecular flexibility index (Phi) is 7.72. The number of amides is 1. The standard InChI is InChI=1S/C18H30N2O7/c1-26-13(15(22)18(17(24)25)8-4-9-19-18)6-7-14(27-2)16(23)20-10-3-5-12(20)11-21/h12-14,19,21H,3-11H2,1-2H3,(H,24,25)/t12-,13+,14+,18?/m1/s1. The van der Waals surface area contributed by atoms with Gasteiger partial charge in [-0.1, -0.05) is 0 Å². The van der Waals surface area contributed by atoms with Gasteiger partial charge in [-0.2, -0.15) is 0 Å². The maximum Gasteiger partial charge on any atom is 0.331 e. The van der Waals surface area contributed by atoms with E-state index in [-0.39, 0.29) is 37.8 Å². The predicted molar refractivity (Wildman–Crippen MR) is 95.3 cm³/mol. The lowest BCUT2D eigenvalue weighted by atomic mass is 9.87. The first kappa shape index (κ1) is 21.7. The van der Waals surface area contributed by atoms with Crippen molar-refractivity contribution in [3.63, 3.8) is 0 Å². The molecule has 9 heteroatoms. The zero-order valence-corrected chi connectivity index (χ0v) is 16.0. The monoisotopic (exact) mass is 386 g/mol. The Morgan fingerprint density at radius 2 is 1.85 bits per heavy atom. The van der Waals surface area contributed by atoms with Crippen LogP contribution in [0.1, 0.15) is 38.5 Å². The molecule has 0 bridgehead atoms. The normalized spacial score (nSPS) is 27.5. The molecule has 9 nitrogen and oxygen atoms in total. The van der Waals surface area contributed by atoms with E-state index in [1.807, 2.05) is 0 Å². The average molecular weight is 386 g/mol. The fourth-order valence-corrected chi connectivity index (χ4v) is 4.02. The second-order valence-electron chi connectivity index (χ2n) is 7.14. The van der Waals surface area contributed by atoms with E-state index in [0.717, 1.165) is 12.8 Å². The van der Waals surface area contributed by atoms with Crippen LogP contribution in [0.25, 0.3) is 0 Å². The fourth-order valence-electron chi connectivity index (χ4n) is 4.02. The highest BCUT2D eigenvalue weighted by molar-refractivity contribution is 6.10. The zero-order valence-electron chi connectivity index (χ0n) is 16.0. The predicted octanol–water partition coefficient (Wildman–Crippen LogP) is -0.444. The smallest absolute Gasteiger partial charge is 0.331 e. The summed E-state index contributed by atoms with van der Waals surface area (Å²) in [5, 5.41) is 21.8. The number of likely N-dealkylation sites (tertiary alicyclic amines) is 1. The van der Waals surface area contributed by atoms with Gasteiger partial charge in [-0.3, -0.25) is 14.9 Å². The molecule has 0 spiro atoms. The van der Waals surface area contributed by atoms with Crippen molar-refractivity contribution < 1.29 is 34.1 Å². The number of methoxy groups -OCH3 is 2. The number of nitrogens with one attached hydrogen (secondary N) is 1. The molecule has 1 unspecified atom stereocenters. The highest BCUT2D eigenvalue weighted by Crippen LogP contribution is 2.26. The van der Waals surface area contributed by atoms with Crippen LogP contribution in [-0.2, 0) is 23.9 Å². The van der Waals surface area contributed by atoms with Crippen molar-refractivity contribution in [1.29, 1.82) is 0 Å². The quantitative estimate of drug-likeness (QED) is 0.431. The number of carboxylic acids is 1. The van der Waals surface area contributed by atoms with Crippen molar-refractivity contribution in [1.82, 2.24) is 10.2 Å². The number of hydrogen-bond acceptors (Lipinski definition) is 7. The SMILES string of the molecule is CO[C@@H](CC[C@H](OC)C(=O)C1(C(=O)O)CCCN1)C(=O)N1CCC[C@@H]1CO. The highest BCUT2D eigenvalue weighted by atomic mass is 16.5. The van der Waals surface area contributed by atoms with Gasteiger partial charge in [0.2, 0.25) is 0 Å². The molecule has 0 radical (unpaired) electrons. The first-order chi connectivity index (χ1) is 12.9. The number of aliphatic carboxylic acids is 1. The van der Waals surface area contributed by atoms with Crippen molar-refractivity contribution in [3.05, 3.63) is 0 Å². The molecule has 4 atom stereocenters. The number of nitrogens with zero attached hydrogens (tertiary/aromatic N) is 1. The number of ether oxygens (including phenoxy) is 2. The lowest BCUT2D eigenvalue weighted by molar-refractivity contribution is -0.154. The molecule has 27 heavy (non-hydrogen) atoms. The fraction of sp³-hybridized carbons (Fsp3) is 0.833. The summed E-state index contributed by atoms with van der Waals surface area (Å²) in [5.74, 6) is -1.94. The molecule has 154 valence electrons. The van der Waals surface area contributed by atoms with Gasteiger partial charge < -0.3 is 24.6 Å². The van der Waals surface area contributed by atoms with Crippen molar-refractivity contribution >= 4 is 17.7 Å². The molecule has 2 aliphatic rings. The Hall–Kier alpha value is -1.55. The second kappa shape index (κ2) is 9.59. The van der Waals surface area contributed by atoms with Crippen molar-refractivity contribution in [2.75, 3.05) is 33.9 Å². The summed E-state index contributed by atoms with van der Waals surface area (Å²) < 4.78 is 10.6. The third-order valence-electron chi connectivity index (χ3n) is 5.64. The Bertz CT molecular complexity index is 548. The third kappa shape index (κ3) is 4.48. The van der Waals surface area contributed by atoms with E-state index < -0.39 is 29.5 Å². The summed E-state index contributed by atoms with van der Waals surface area (Å²) in [5.41, 5.74) is -1.62. The van der Waals surface area contributed by atoms with Crippen molar-refractivity contribution in [3.8, 4) is 0 Å². The van der Waals surface area contributed by atoms with Gasteiger partial charge in [0.05, 0.1) is 12.6 Å². The Balaban J connectivity index is 2.01. The van der Waals surface area contributed by atoms with E-state index in [4.69, 9.17) is 9.47 Å². The van der Waals surface area contributed by atoms with Crippen molar-refractivity contribution in [2.45, 2.75) is 62.3 Å². The number of ketones is 1. The topological polar surface area (TPSA) is 125 Å². The van der Waals surface area contributed by atoms with Crippen LogP contribution in [-0.4, -0.2) is 90.5 Å². The van der Waals surface area contributed by atoms with E-state index in [0.29, 0.717) is 19.5 Å². The van der Waals surface area contributed by atoms with E-state index in [1.54, 1.807) is 4.90 Å². The van der Waals surface area contributed by atoms with Crippen LogP contribution in [0.15, 0.2) is 0 Å². The minimum absolute atomic E-state index is 0.0891. The summed E-state index contributed by atoms with van der Waals surface area (Å²) in [4.78, 5) is 38.8. The molecule has 0 aliphatic carbocycles. The number of aliphatic hydroxyl groups excluding tert-OH is 1. The molecular formula is C18H30N2O7. The van der Waals surface area contributed by atoms with Crippen molar-refractivity contribution in [2.24, 2.45) is 0 Å². The molecule has 2 heterocycles. The molecule has 0 aromatic carbocycles. The number of hydrogen-bond donors (Lipinski definition) is 3. The Morgan fingerprint density at radius 3 is 2.37 bits per heavy atom. The molecule has 2 rings (SSSR count). The van der Waals surface area contributed by atoms with Crippen LogP contribution in [0.3, 0.4) is 0 Å². The molecule has 1 amide bonds. The molecule has 0 aromatic rings. The van der Waals surface area contributed by atoms with E-state index >= 15 is 0 Å². The molecule has 0 saturated carbocycles. The average Bonchev–Trinajstić information content (AvgIpc) is 3.34. The Labute approximate surface area is 159 Å². The minimum atomic E-state index is -1.62. The second-order valence-corrected chi connectivity index (χ2v) is 7.14. The van der Waals surface area contributed by atoms with Gasteiger partial charge in [-0.05, 0) is 45.1 Å². The molecular weight excluding hydrogens is 356 g/mol. The van der Waals surface area contributed by atoms with Gasteiger partial charge in [0.25, 0.3) is 5.91 Å². The number of carbonyl (C=O) groups excluding carboxylic acids is 2. The number of aliphatic hydroxyl groups is 1. The minimum Gasteiger partial charge on any atom is -0.480 e. The summed E-state index contributed by atoms with van der Waals surface area (Å²) in [6.45, 7) is 0.946. The van der Waals surface area contributed by atoms with Crippen LogP contribution in [0, 0.1) is 0 Å². The van der Waals surface area contributed by atoms with E-state index in [2.05, 4.69) is 5.32 Å². The van der Waals surface area contributed by atoms with E-state index in [1.165, 1.54) is 14.2 Å². The van der Waals surface area contributed by atoms with Gasteiger partial charge in [-0.25, -0.2) is 4.79 Å². The first-order valence-electron chi connectivity index (χ1n) is 9.41. The van der Waals surface area contributed by atoms with Crippen LogP contribution < -0.4 is 5.32 Å². The number of carboxylic acid groups (broad SMARTS) is 1. The molecule has 2 saturated heterocycles. The molecule has 3 N–H and O–H groups in total. The Morgan fingerprint density at radius 1 is 1.19 bits per heavy atom. The number of Topliss-reactive ketones (excluding diaryl/α,β-unsaturated/α-hetero) is 1.